The Hall–Kier alpha value is -5.20. The van der Waals surface area contributed by atoms with Crippen molar-refractivity contribution in [3.63, 3.8) is 0 Å². The van der Waals surface area contributed by atoms with Crippen LogP contribution < -0.4 is 20.3 Å². The molecule has 2 amide bonds. The highest BCUT2D eigenvalue weighted by atomic mass is 16.5. The van der Waals surface area contributed by atoms with Gasteiger partial charge in [0, 0.05) is 66.6 Å². The van der Waals surface area contributed by atoms with Crippen LogP contribution in [-0.2, 0) is 34.3 Å². The standard InChI is InChI=1S/C55H68N4O8/c1-58-30-46(43-28-48(40-32-67-33-40)56-29-45(43)55(58)64)39-26-49(65-2)47(50(27-39)66-3)31-59-23-21-36(22-24-59)8-5-4-7-34-9-6-10-35(12-11-34)13-14-37-15-18-41-44(25-37)53(62)42(52(41)61)19-16-38-17-20-51(60)57-54(38)63/h15,18,25-30,34-36,38,40,42H,4-14,16-17,19-24,31-33H2,1-3H3,(H,57,60,63). The Morgan fingerprint density at radius 1 is 0.731 bits per heavy atom. The Morgan fingerprint density at radius 3 is 2.09 bits per heavy atom. The van der Waals surface area contributed by atoms with E-state index in [1.165, 1.54) is 70.6 Å². The van der Waals surface area contributed by atoms with Gasteiger partial charge in [-0.05, 0) is 117 Å². The number of piperidine rings is 2. The van der Waals surface area contributed by atoms with Gasteiger partial charge in [0.2, 0.25) is 11.8 Å². The van der Waals surface area contributed by atoms with Crippen LogP contribution in [0, 0.1) is 29.6 Å². The summed E-state index contributed by atoms with van der Waals surface area (Å²) in [6.07, 6.45) is 21.3. The van der Waals surface area contributed by atoms with Gasteiger partial charge < -0.3 is 18.8 Å². The molecule has 2 aromatic heterocycles. The highest BCUT2D eigenvalue weighted by molar-refractivity contribution is 6.26. The second kappa shape index (κ2) is 21.0. The van der Waals surface area contributed by atoms with E-state index in [2.05, 4.69) is 27.3 Å². The summed E-state index contributed by atoms with van der Waals surface area (Å²) in [5.74, 6) is 2.28. The summed E-state index contributed by atoms with van der Waals surface area (Å²) in [4.78, 5) is 70.6. The van der Waals surface area contributed by atoms with Crippen LogP contribution in [0.15, 0.2) is 53.6 Å². The molecule has 2 aromatic carbocycles. The number of Topliss-reactive ketones (excluding diaryl/α,β-unsaturated/α-hetero) is 2. The van der Waals surface area contributed by atoms with Crippen molar-refractivity contribution in [1.29, 1.82) is 0 Å². The summed E-state index contributed by atoms with van der Waals surface area (Å²) in [6, 6.07) is 12.1. The maximum atomic E-state index is 13.4. The third kappa shape index (κ3) is 10.5. The molecule has 5 aliphatic rings. The normalized spacial score (nSPS) is 23.0. The smallest absolute Gasteiger partial charge is 0.259 e. The summed E-state index contributed by atoms with van der Waals surface area (Å²) >= 11 is 0. The molecule has 1 saturated carbocycles. The van der Waals surface area contributed by atoms with Gasteiger partial charge in [-0.15, -0.1) is 0 Å². The van der Waals surface area contributed by atoms with E-state index in [4.69, 9.17) is 14.2 Å². The van der Waals surface area contributed by atoms with Crippen LogP contribution in [0.4, 0.5) is 0 Å². The van der Waals surface area contributed by atoms with E-state index in [9.17, 15) is 24.0 Å². The number of ketones is 2. The van der Waals surface area contributed by atoms with Gasteiger partial charge in [-0.1, -0.05) is 69.9 Å². The Labute approximate surface area is 394 Å². The molecule has 5 heterocycles. The molecule has 0 spiro atoms. The molecule has 67 heavy (non-hydrogen) atoms. The molecule has 12 nitrogen and oxygen atoms in total. The number of fused-ring (bicyclic) bond motifs is 2. The van der Waals surface area contributed by atoms with Gasteiger partial charge >= 0.3 is 0 Å². The summed E-state index contributed by atoms with van der Waals surface area (Å²) in [5, 5.41) is 3.85. The number of amides is 2. The number of rotatable bonds is 17. The topological polar surface area (TPSA) is 146 Å². The monoisotopic (exact) mass is 913 g/mol. The number of carbonyl (C=O) groups is 4. The van der Waals surface area contributed by atoms with E-state index < -0.39 is 5.92 Å². The number of benzene rings is 2. The second-order valence-corrected chi connectivity index (χ2v) is 20.4. The molecule has 356 valence electrons. The van der Waals surface area contributed by atoms with Crippen LogP contribution >= 0.6 is 0 Å². The van der Waals surface area contributed by atoms with Crippen molar-refractivity contribution >= 4 is 34.2 Å². The van der Waals surface area contributed by atoms with Crippen molar-refractivity contribution in [2.75, 3.05) is 40.5 Å². The number of aromatic nitrogens is 2. The number of pyridine rings is 2. The minimum atomic E-state index is -0.719. The first-order valence-electron chi connectivity index (χ1n) is 25.2. The van der Waals surface area contributed by atoms with Crippen molar-refractivity contribution in [2.24, 2.45) is 36.6 Å². The number of methoxy groups -OCH3 is 2. The molecule has 1 N–H and O–H groups in total. The van der Waals surface area contributed by atoms with E-state index >= 15 is 0 Å². The second-order valence-electron chi connectivity index (χ2n) is 20.4. The molecule has 4 aromatic rings. The van der Waals surface area contributed by atoms with Gasteiger partial charge in [-0.2, -0.15) is 0 Å². The van der Waals surface area contributed by atoms with Crippen LogP contribution in [-0.4, -0.2) is 78.4 Å². The molecule has 4 unspecified atom stereocenters. The largest absolute Gasteiger partial charge is 0.496 e. The predicted octanol–water partition coefficient (Wildman–Crippen LogP) is 9.16. The molecular formula is C55H68N4O8. The average Bonchev–Trinajstić information content (AvgIpc) is 3.42. The van der Waals surface area contributed by atoms with Crippen LogP contribution in [0.3, 0.4) is 0 Å². The minimum absolute atomic E-state index is 0.0720. The number of ether oxygens (including phenoxy) is 3. The first kappa shape index (κ1) is 46.9. The molecule has 4 atom stereocenters. The lowest BCUT2D eigenvalue weighted by Gasteiger charge is -2.33. The first-order chi connectivity index (χ1) is 32.6. The Morgan fingerprint density at radius 2 is 1.42 bits per heavy atom. The average molecular weight is 913 g/mol. The highest BCUT2D eigenvalue weighted by Gasteiger charge is 2.39. The number of hydrogen-bond donors (Lipinski definition) is 1. The van der Waals surface area contributed by atoms with Crippen molar-refractivity contribution in [3.8, 4) is 22.6 Å². The van der Waals surface area contributed by atoms with Gasteiger partial charge in [-0.3, -0.25) is 39.2 Å². The van der Waals surface area contributed by atoms with Crippen molar-refractivity contribution in [1.82, 2.24) is 19.8 Å². The zero-order valence-corrected chi connectivity index (χ0v) is 39.7. The zero-order chi connectivity index (χ0) is 46.6. The van der Waals surface area contributed by atoms with Crippen LogP contribution in [0.25, 0.3) is 21.9 Å². The first-order valence-corrected chi connectivity index (χ1v) is 25.2. The third-order valence-electron chi connectivity index (χ3n) is 16.1. The lowest BCUT2D eigenvalue weighted by molar-refractivity contribution is -0.136. The number of likely N-dealkylation sites (tertiary alicyclic amines) is 1. The summed E-state index contributed by atoms with van der Waals surface area (Å²) < 4.78 is 19.1. The van der Waals surface area contributed by atoms with Gasteiger partial charge in [-0.25, -0.2) is 0 Å². The van der Waals surface area contributed by atoms with Crippen molar-refractivity contribution < 1.29 is 33.4 Å². The van der Waals surface area contributed by atoms with Crippen LogP contribution in [0.5, 0.6) is 11.5 Å². The van der Waals surface area contributed by atoms with E-state index in [1.54, 1.807) is 32.0 Å². The quantitative estimate of drug-likeness (QED) is 0.0471. The fourth-order valence-electron chi connectivity index (χ4n) is 11.8. The summed E-state index contributed by atoms with van der Waals surface area (Å²) in [6.45, 7) is 4.17. The SMILES string of the molecule is COc1cc(-c2cn(C)c(=O)c3cnc(C4COC4)cc23)cc(OC)c1CN1CCC(CCCCC2CCCC(CCc3ccc4c(c3)C(=O)C(CCC3CCC(=O)NC3=O)C4=O)CC2)CC1. The number of nitrogens with one attached hydrogen (secondary N) is 1. The van der Waals surface area contributed by atoms with E-state index in [0.29, 0.717) is 61.3 Å². The lowest BCUT2D eigenvalue weighted by atomic mass is 9.88. The molecule has 0 bridgehead atoms. The molecule has 2 aliphatic carbocycles. The number of imide groups is 1. The van der Waals surface area contributed by atoms with Gasteiger partial charge in [0.15, 0.2) is 11.6 Å². The third-order valence-corrected chi connectivity index (χ3v) is 16.1. The molecule has 9 rings (SSSR count). The summed E-state index contributed by atoms with van der Waals surface area (Å²) in [7, 11) is 5.22. The Bertz CT molecular complexity index is 2530. The van der Waals surface area contributed by atoms with Crippen molar-refractivity contribution in [3.05, 3.63) is 87.1 Å². The molecule has 12 heteroatoms. The van der Waals surface area contributed by atoms with E-state index in [-0.39, 0.29) is 40.8 Å². The maximum absolute atomic E-state index is 13.4. The number of carbonyl (C=O) groups excluding carboxylic acids is 4. The number of hydrogen-bond acceptors (Lipinski definition) is 10. The van der Waals surface area contributed by atoms with Crippen LogP contribution in [0.2, 0.25) is 0 Å². The molecule has 3 aliphatic heterocycles. The Kier molecular flexibility index (Phi) is 14.7. The van der Waals surface area contributed by atoms with Crippen molar-refractivity contribution in [2.45, 2.75) is 122 Å². The van der Waals surface area contributed by atoms with E-state index in [1.807, 2.05) is 30.5 Å². The minimum Gasteiger partial charge on any atom is -0.496 e. The lowest BCUT2D eigenvalue weighted by Crippen LogP contribution is -2.40. The van der Waals surface area contributed by atoms with Gasteiger partial charge in [0.1, 0.15) is 11.5 Å². The summed E-state index contributed by atoms with van der Waals surface area (Å²) in [5.41, 5.74) is 6.00. The predicted molar refractivity (Wildman–Crippen MR) is 258 cm³/mol. The molecule has 4 fully saturated rings. The number of nitrogens with zero attached hydrogens (tertiary/aromatic N) is 3. The Balaban J connectivity index is 0.704. The fraction of sp³-hybridized carbons (Fsp3) is 0.564. The molecule has 3 saturated heterocycles. The van der Waals surface area contributed by atoms with Crippen LogP contribution in [0.1, 0.15) is 146 Å². The fourth-order valence-corrected chi connectivity index (χ4v) is 11.8. The maximum Gasteiger partial charge on any atom is 0.259 e. The zero-order valence-electron chi connectivity index (χ0n) is 39.7. The molecular weight excluding hydrogens is 845 g/mol. The number of aryl methyl sites for hydroxylation is 2. The van der Waals surface area contributed by atoms with Gasteiger partial charge in [0.25, 0.3) is 5.56 Å². The van der Waals surface area contributed by atoms with Gasteiger partial charge in [0.05, 0.1) is 44.3 Å². The highest BCUT2D eigenvalue weighted by Crippen LogP contribution is 2.40. The molecule has 0 radical (unpaired) electrons. The van der Waals surface area contributed by atoms with E-state index in [0.717, 1.165) is 89.1 Å². The number of unbranched alkanes of at least 4 members (excludes halogenated alkanes) is 1.